The molecule has 0 spiro atoms. The topological polar surface area (TPSA) is 364 Å². The number of amides is 2. The summed E-state index contributed by atoms with van der Waals surface area (Å²) < 4.78 is 75.3. The summed E-state index contributed by atoms with van der Waals surface area (Å²) in [6.07, 6.45) is -7.07. The Kier molecular flexibility index (Phi) is 15.6. The fraction of sp³-hybridized carbons (Fsp3) is 0.500. The Bertz CT molecular complexity index is 2080. The summed E-state index contributed by atoms with van der Waals surface area (Å²) in [4.78, 5) is 87.7. The van der Waals surface area contributed by atoms with Gasteiger partial charge in [0.15, 0.2) is 17.7 Å². The smallest absolute Gasteiger partial charge is 0.386 e. The van der Waals surface area contributed by atoms with Gasteiger partial charge in [-0.2, -0.15) is 4.31 Å². The van der Waals surface area contributed by atoms with Gasteiger partial charge in [0.05, 0.1) is 19.5 Å². The SMILES string of the molecule is CC(C)(COP(=O)(O)OP(=O)(O)OCC1OC(n2cnc3c(N)ncnc32)C(O)C1OP(=O)(O)O)C(O)C(=O)NCCC(=O)NCCSC(=O)c1cccc(F)c1. The number of nitrogens with zero attached hydrogens (tertiary/aromatic N) is 4. The molecule has 2 aromatic heterocycles. The second-order valence-corrected chi connectivity index (χ2v) is 18.0. The molecule has 316 valence electrons. The minimum Gasteiger partial charge on any atom is -0.386 e. The predicted molar refractivity (Wildman–Crippen MR) is 193 cm³/mol. The number of carbonyl (C=O) groups is 3. The molecule has 3 heterocycles. The van der Waals surface area contributed by atoms with Crippen LogP contribution in [-0.4, -0.2) is 123 Å². The van der Waals surface area contributed by atoms with E-state index in [2.05, 4.69) is 34.4 Å². The van der Waals surface area contributed by atoms with Crippen molar-refractivity contribution < 1.29 is 84.9 Å². The van der Waals surface area contributed by atoms with Gasteiger partial charge in [0.25, 0.3) is 0 Å². The lowest BCUT2D eigenvalue weighted by Crippen LogP contribution is -2.46. The average molecular weight is 890 g/mol. The van der Waals surface area contributed by atoms with Crippen LogP contribution in [0.3, 0.4) is 0 Å². The first-order valence-electron chi connectivity index (χ1n) is 16.3. The van der Waals surface area contributed by atoms with E-state index in [0.29, 0.717) is 0 Å². The molecule has 0 saturated carbocycles. The van der Waals surface area contributed by atoms with Crippen molar-refractivity contribution in [3.8, 4) is 0 Å². The van der Waals surface area contributed by atoms with E-state index in [4.69, 9.17) is 19.5 Å². The summed E-state index contributed by atoms with van der Waals surface area (Å²) in [5.74, 6) is -1.95. The van der Waals surface area contributed by atoms with Gasteiger partial charge in [-0.25, -0.2) is 33.0 Å². The minimum absolute atomic E-state index is 0.0216. The van der Waals surface area contributed by atoms with Gasteiger partial charge >= 0.3 is 23.5 Å². The third-order valence-electron chi connectivity index (χ3n) is 7.80. The zero-order valence-corrected chi connectivity index (χ0v) is 33.3. The molecule has 0 radical (unpaired) electrons. The molecule has 57 heavy (non-hydrogen) atoms. The third kappa shape index (κ3) is 13.4. The number of aromatic nitrogens is 4. The lowest BCUT2D eigenvalue weighted by molar-refractivity contribution is -0.137. The highest BCUT2D eigenvalue weighted by molar-refractivity contribution is 8.14. The number of thioether (sulfide) groups is 1. The van der Waals surface area contributed by atoms with Gasteiger partial charge in [-0.1, -0.05) is 37.7 Å². The first-order chi connectivity index (χ1) is 26.5. The number of rotatable bonds is 20. The van der Waals surface area contributed by atoms with Crippen molar-refractivity contribution in [1.29, 1.82) is 0 Å². The first kappa shape index (κ1) is 46.4. The van der Waals surface area contributed by atoms with Gasteiger partial charge in [0.2, 0.25) is 16.9 Å². The highest BCUT2D eigenvalue weighted by Gasteiger charge is 2.50. The maximum atomic E-state index is 13.3. The van der Waals surface area contributed by atoms with E-state index < -0.39 is 90.4 Å². The zero-order chi connectivity index (χ0) is 42.3. The second-order valence-electron chi connectivity index (χ2n) is 12.7. The quantitative estimate of drug-likeness (QED) is 0.0537. The van der Waals surface area contributed by atoms with E-state index in [1.807, 2.05) is 0 Å². The Hall–Kier alpha value is -3.29. The van der Waals surface area contributed by atoms with Crippen molar-refractivity contribution >= 4 is 69.1 Å². The number of anilines is 1. The van der Waals surface area contributed by atoms with E-state index >= 15 is 0 Å². The van der Waals surface area contributed by atoms with Gasteiger partial charge in [-0.05, 0) is 12.1 Å². The first-order valence-corrected chi connectivity index (χ1v) is 21.8. The maximum absolute atomic E-state index is 13.3. The summed E-state index contributed by atoms with van der Waals surface area (Å²) in [5.41, 5.74) is 4.38. The standard InChI is InChI=1S/C28H39FN7O17P3S/c1-28(2,22(39)25(40)32-7-6-18(37)31-8-9-57-27(41)15-4-3-5-16(29)10-15)12-50-56(47,48)53-55(45,46)49-11-17-21(52-54(42,43)44)20(38)26(51-17)36-14-35-19-23(30)33-13-34-24(19)36/h3-5,10,13-14,17,20-22,26,38-39H,6-9,11-12H2,1-2H3,(H,31,37)(H,32,40)(H,45,46)(H,47,48)(H2,30,33,34)(H2,42,43,44). The average Bonchev–Trinajstić information content (AvgIpc) is 3.68. The number of aliphatic hydroxyl groups excluding tert-OH is 2. The van der Waals surface area contributed by atoms with Crippen LogP contribution < -0.4 is 16.4 Å². The van der Waals surface area contributed by atoms with Crippen LogP contribution in [0.2, 0.25) is 0 Å². The largest absolute Gasteiger partial charge is 0.481 e. The number of benzene rings is 1. The van der Waals surface area contributed by atoms with E-state index in [1.165, 1.54) is 32.0 Å². The number of phosphoric ester groups is 3. The lowest BCUT2D eigenvalue weighted by atomic mass is 9.87. The molecule has 1 fully saturated rings. The van der Waals surface area contributed by atoms with Crippen LogP contribution in [0.5, 0.6) is 0 Å². The highest BCUT2D eigenvalue weighted by Crippen LogP contribution is 2.61. The number of halogens is 1. The number of imidazole rings is 1. The van der Waals surface area contributed by atoms with Crippen LogP contribution in [0, 0.1) is 11.2 Å². The van der Waals surface area contributed by atoms with Gasteiger partial charge < -0.3 is 50.9 Å². The van der Waals surface area contributed by atoms with Gasteiger partial charge in [0.1, 0.15) is 42.1 Å². The Labute approximate surface area is 326 Å². The second kappa shape index (κ2) is 19.2. The number of nitrogens with two attached hydrogens (primary N) is 1. The van der Waals surface area contributed by atoms with E-state index in [-0.39, 0.29) is 52.9 Å². The summed E-state index contributed by atoms with van der Waals surface area (Å²) >= 11 is 0.865. The Morgan fingerprint density at radius 2 is 1.77 bits per heavy atom. The van der Waals surface area contributed by atoms with Crippen molar-refractivity contribution in [1.82, 2.24) is 30.2 Å². The molecular weight excluding hydrogens is 850 g/mol. The molecular formula is C28H39FN7O17P3S. The number of nitrogen functional groups attached to an aromatic ring is 1. The van der Waals surface area contributed by atoms with Gasteiger partial charge in [-0.15, -0.1) is 0 Å². The van der Waals surface area contributed by atoms with Crippen LogP contribution in [0.25, 0.3) is 11.2 Å². The molecule has 1 aliphatic heterocycles. The molecule has 2 amide bonds. The van der Waals surface area contributed by atoms with E-state index in [9.17, 15) is 62.3 Å². The molecule has 7 unspecified atom stereocenters. The number of phosphoric acid groups is 3. The fourth-order valence-corrected chi connectivity index (χ4v) is 8.48. The Morgan fingerprint density at radius 3 is 2.46 bits per heavy atom. The van der Waals surface area contributed by atoms with E-state index in [0.717, 1.165) is 35.0 Å². The van der Waals surface area contributed by atoms with Crippen LogP contribution in [-0.2, 0) is 45.9 Å². The van der Waals surface area contributed by atoms with Crippen LogP contribution in [0.4, 0.5) is 10.2 Å². The number of hydrogen-bond donors (Lipinski definition) is 9. The Balaban J connectivity index is 1.23. The molecule has 29 heteroatoms. The number of hydrogen-bond acceptors (Lipinski definition) is 18. The Morgan fingerprint density at radius 1 is 1.07 bits per heavy atom. The molecule has 24 nitrogen and oxygen atoms in total. The van der Waals surface area contributed by atoms with Gasteiger partial charge in [0, 0.05) is 36.2 Å². The monoisotopic (exact) mass is 889 g/mol. The van der Waals surface area contributed by atoms with Gasteiger partial charge in [-0.3, -0.25) is 32.5 Å². The maximum Gasteiger partial charge on any atom is 0.481 e. The molecule has 7 atom stereocenters. The summed E-state index contributed by atoms with van der Waals surface area (Å²) in [5, 5.41) is 25.9. The number of nitrogens with one attached hydrogen (secondary N) is 2. The molecule has 10 N–H and O–H groups in total. The molecule has 0 aliphatic carbocycles. The van der Waals surface area contributed by atoms with Crippen LogP contribution in [0.1, 0.15) is 36.9 Å². The third-order valence-corrected chi connectivity index (χ3v) is 11.8. The zero-order valence-electron chi connectivity index (χ0n) is 29.8. The predicted octanol–water partition coefficient (Wildman–Crippen LogP) is 0.118. The summed E-state index contributed by atoms with van der Waals surface area (Å²) in [6, 6.07) is 5.13. The molecule has 0 bridgehead atoms. The van der Waals surface area contributed by atoms with Crippen LogP contribution in [0.15, 0.2) is 36.9 Å². The normalized spacial score (nSPS) is 21.4. The minimum atomic E-state index is -5.59. The fourth-order valence-electron chi connectivity index (χ4n) is 4.97. The van der Waals surface area contributed by atoms with Crippen molar-refractivity contribution in [2.24, 2.45) is 5.41 Å². The molecule has 4 rings (SSSR count). The van der Waals surface area contributed by atoms with Crippen LogP contribution >= 0.6 is 35.2 Å². The highest BCUT2D eigenvalue weighted by atomic mass is 32.2. The molecule has 3 aromatic rings. The van der Waals surface area contributed by atoms with Crippen molar-refractivity contribution in [2.75, 3.05) is 37.8 Å². The molecule has 1 aromatic carbocycles. The van der Waals surface area contributed by atoms with Crippen molar-refractivity contribution in [3.63, 3.8) is 0 Å². The van der Waals surface area contributed by atoms with E-state index in [1.54, 1.807) is 0 Å². The van der Waals surface area contributed by atoms with Crippen molar-refractivity contribution in [3.05, 3.63) is 48.3 Å². The molecule has 1 aliphatic rings. The number of carbonyl (C=O) groups excluding carboxylic acids is 3. The molecule has 1 saturated heterocycles. The number of ether oxygens (including phenoxy) is 1. The number of aliphatic hydroxyl groups is 2. The van der Waals surface area contributed by atoms with Crippen molar-refractivity contribution in [2.45, 2.75) is 50.9 Å². The summed E-state index contributed by atoms with van der Waals surface area (Å²) in [6.45, 7) is 0.239. The summed E-state index contributed by atoms with van der Waals surface area (Å²) in [7, 11) is -16.4. The number of fused-ring (bicyclic) bond motifs is 1. The lowest BCUT2D eigenvalue weighted by Gasteiger charge is -2.30.